The van der Waals surface area contributed by atoms with Gasteiger partial charge in [0.15, 0.2) is 0 Å². The van der Waals surface area contributed by atoms with Crippen molar-refractivity contribution in [3.05, 3.63) is 64.9 Å². The molecule has 6 nitrogen and oxygen atoms in total. The molecule has 0 radical (unpaired) electrons. The van der Waals surface area contributed by atoms with Crippen molar-refractivity contribution in [1.29, 1.82) is 0 Å². The Hall–Kier alpha value is -2.97. The molecule has 150 valence electrons. The number of hydrogen-bond acceptors (Lipinski definition) is 4. The van der Waals surface area contributed by atoms with Gasteiger partial charge in [0.2, 0.25) is 5.91 Å². The molecule has 3 aromatic rings. The molecule has 1 amide bonds. The largest absolute Gasteiger partial charge is 0.340 e. The van der Waals surface area contributed by atoms with Crippen molar-refractivity contribution in [1.82, 2.24) is 14.5 Å². The minimum absolute atomic E-state index is 0.0205. The zero-order valence-corrected chi connectivity index (χ0v) is 16.1. The van der Waals surface area contributed by atoms with E-state index in [0.29, 0.717) is 41.7 Å². The molecule has 1 aliphatic rings. The van der Waals surface area contributed by atoms with Gasteiger partial charge >= 0.3 is 0 Å². The van der Waals surface area contributed by atoms with Gasteiger partial charge in [-0.25, -0.2) is 13.8 Å². The summed E-state index contributed by atoms with van der Waals surface area (Å²) >= 11 is 5.77. The summed E-state index contributed by atoms with van der Waals surface area (Å²) in [6.07, 6.45) is 0. The second-order valence-corrected chi connectivity index (χ2v) is 7.07. The fourth-order valence-corrected chi connectivity index (χ4v) is 3.47. The van der Waals surface area contributed by atoms with Gasteiger partial charge in [-0.1, -0.05) is 23.7 Å². The van der Waals surface area contributed by atoms with E-state index >= 15 is 0 Å². The van der Waals surface area contributed by atoms with Crippen LogP contribution < -0.4 is 11.1 Å². The number of aromatic nitrogens is 2. The van der Waals surface area contributed by atoms with E-state index in [1.807, 2.05) is 4.57 Å². The second-order valence-electron chi connectivity index (χ2n) is 6.66. The lowest BCUT2D eigenvalue weighted by Gasteiger charge is -2.28. The van der Waals surface area contributed by atoms with Crippen molar-refractivity contribution in [3.63, 3.8) is 0 Å². The standard InChI is InChI=1S/C20H18ClF2N5O/c21-15-5-4-14(9-16(15)23)25-20-19(12-2-1-3-13(22)8-12)26-17-11-27(18(29)10-24)6-7-28(17)20/h1-5,8-9,25H,6-7,10-11,24H2. The maximum Gasteiger partial charge on any atom is 0.236 e. The van der Waals surface area contributed by atoms with E-state index < -0.39 is 11.6 Å². The van der Waals surface area contributed by atoms with Gasteiger partial charge in [-0.15, -0.1) is 0 Å². The third kappa shape index (κ3) is 3.81. The van der Waals surface area contributed by atoms with E-state index in [1.165, 1.54) is 24.3 Å². The van der Waals surface area contributed by atoms with Crippen LogP contribution >= 0.6 is 11.6 Å². The maximum absolute atomic E-state index is 13.9. The molecular weight excluding hydrogens is 400 g/mol. The Morgan fingerprint density at radius 1 is 1.21 bits per heavy atom. The molecule has 9 heteroatoms. The van der Waals surface area contributed by atoms with Crippen molar-refractivity contribution < 1.29 is 13.6 Å². The molecule has 1 aromatic heterocycles. The van der Waals surface area contributed by atoms with Crippen molar-refractivity contribution in [2.45, 2.75) is 13.1 Å². The minimum atomic E-state index is -0.554. The third-order valence-electron chi connectivity index (χ3n) is 4.78. The van der Waals surface area contributed by atoms with Crippen molar-refractivity contribution in [2.75, 3.05) is 18.4 Å². The Labute approximate surface area is 170 Å². The van der Waals surface area contributed by atoms with Crippen molar-refractivity contribution >= 4 is 29.0 Å². The van der Waals surface area contributed by atoms with Crippen molar-refractivity contribution in [2.24, 2.45) is 5.73 Å². The Bertz CT molecular complexity index is 1080. The molecule has 0 saturated heterocycles. The summed E-state index contributed by atoms with van der Waals surface area (Å²) in [5.74, 6) is 0.112. The Morgan fingerprint density at radius 2 is 2.03 bits per heavy atom. The van der Waals surface area contributed by atoms with E-state index in [2.05, 4.69) is 10.3 Å². The quantitative estimate of drug-likeness (QED) is 0.681. The molecule has 0 unspecified atom stereocenters. The number of halogens is 3. The lowest BCUT2D eigenvalue weighted by molar-refractivity contribution is -0.131. The van der Waals surface area contributed by atoms with Gasteiger partial charge in [-0.05, 0) is 30.3 Å². The van der Waals surface area contributed by atoms with E-state index in [1.54, 1.807) is 23.1 Å². The van der Waals surface area contributed by atoms with Gasteiger partial charge in [-0.2, -0.15) is 0 Å². The highest BCUT2D eigenvalue weighted by Crippen LogP contribution is 2.34. The molecule has 29 heavy (non-hydrogen) atoms. The van der Waals surface area contributed by atoms with Gasteiger partial charge < -0.3 is 20.5 Å². The number of benzene rings is 2. The van der Waals surface area contributed by atoms with E-state index in [-0.39, 0.29) is 24.0 Å². The fraction of sp³-hybridized carbons (Fsp3) is 0.200. The van der Waals surface area contributed by atoms with Crippen LogP contribution in [0.3, 0.4) is 0 Å². The topological polar surface area (TPSA) is 76.2 Å². The highest BCUT2D eigenvalue weighted by Gasteiger charge is 2.26. The molecule has 0 bridgehead atoms. The lowest BCUT2D eigenvalue weighted by atomic mass is 10.1. The maximum atomic E-state index is 13.9. The van der Waals surface area contributed by atoms with Crippen molar-refractivity contribution in [3.8, 4) is 11.3 Å². The molecule has 1 aliphatic heterocycles. The van der Waals surface area contributed by atoms with Crippen LogP contribution in [0, 0.1) is 11.6 Å². The average molecular weight is 418 g/mol. The molecule has 0 atom stereocenters. The van der Waals surface area contributed by atoms with Gasteiger partial charge in [0, 0.05) is 24.3 Å². The number of rotatable bonds is 4. The van der Waals surface area contributed by atoms with Crippen LogP contribution in [0.15, 0.2) is 42.5 Å². The number of carbonyl (C=O) groups excluding carboxylic acids is 1. The number of amides is 1. The highest BCUT2D eigenvalue weighted by atomic mass is 35.5. The van der Waals surface area contributed by atoms with Crippen LogP contribution in [0.5, 0.6) is 0 Å². The van der Waals surface area contributed by atoms with Crippen LogP contribution in [-0.4, -0.2) is 33.4 Å². The van der Waals surface area contributed by atoms with E-state index in [9.17, 15) is 13.6 Å². The summed E-state index contributed by atoms with van der Waals surface area (Å²) in [6.45, 7) is 1.15. The molecular formula is C20H18ClF2N5O. The number of imidazole rings is 1. The number of nitrogens with zero attached hydrogens (tertiary/aromatic N) is 3. The first-order valence-electron chi connectivity index (χ1n) is 9.01. The summed E-state index contributed by atoms with van der Waals surface area (Å²) < 4.78 is 29.6. The minimum Gasteiger partial charge on any atom is -0.340 e. The summed E-state index contributed by atoms with van der Waals surface area (Å²) in [7, 11) is 0. The van der Waals surface area contributed by atoms with Gasteiger partial charge in [-0.3, -0.25) is 4.79 Å². The molecule has 0 fully saturated rings. The van der Waals surface area contributed by atoms with Gasteiger partial charge in [0.25, 0.3) is 0 Å². The first-order valence-corrected chi connectivity index (χ1v) is 9.39. The smallest absolute Gasteiger partial charge is 0.236 e. The monoisotopic (exact) mass is 417 g/mol. The second kappa shape index (κ2) is 7.81. The predicted octanol–water partition coefficient (Wildman–Crippen LogP) is 3.53. The highest BCUT2D eigenvalue weighted by molar-refractivity contribution is 6.30. The van der Waals surface area contributed by atoms with Crippen LogP contribution in [0.2, 0.25) is 5.02 Å². The summed E-state index contributed by atoms with van der Waals surface area (Å²) in [4.78, 5) is 18.3. The number of nitrogens with one attached hydrogen (secondary N) is 1. The SMILES string of the molecule is NCC(=O)N1CCn2c(nc(-c3cccc(F)c3)c2Nc2ccc(Cl)c(F)c2)C1. The Kier molecular flexibility index (Phi) is 5.21. The zero-order valence-electron chi connectivity index (χ0n) is 15.3. The first-order chi connectivity index (χ1) is 14.0. The molecule has 3 N–H and O–H groups in total. The van der Waals surface area contributed by atoms with Crippen LogP contribution in [0.25, 0.3) is 11.3 Å². The predicted molar refractivity (Wildman–Crippen MR) is 107 cm³/mol. The number of hydrogen-bond donors (Lipinski definition) is 2. The zero-order chi connectivity index (χ0) is 20.5. The molecule has 2 aromatic carbocycles. The number of carbonyl (C=O) groups is 1. The van der Waals surface area contributed by atoms with Crippen LogP contribution in [-0.2, 0) is 17.9 Å². The fourth-order valence-electron chi connectivity index (χ4n) is 3.35. The van der Waals surface area contributed by atoms with E-state index in [4.69, 9.17) is 17.3 Å². The van der Waals surface area contributed by atoms with E-state index in [0.717, 1.165) is 0 Å². The summed E-state index contributed by atoms with van der Waals surface area (Å²) in [5, 5.41) is 3.20. The lowest BCUT2D eigenvalue weighted by Crippen LogP contribution is -2.41. The molecule has 4 rings (SSSR count). The summed E-state index contributed by atoms with van der Waals surface area (Å²) in [6, 6.07) is 10.5. The third-order valence-corrected chi connectivity index (χ3v) is 5.09. The number of nitrogens with two attached hydrogens (primary N) is 1. The van der Waals surface area contributed by atoms with Gasteiger partial charge in [0.05, 0.1) is 18.1 Å². The Morgan fingerprint density at radius 3 is 2.76 bits per heavy atom. The average Bonchev–Trinajstić information content (AvgIpc) is 3.07. The normalized spacial score (nSPS) is 13.3. The molecule has 2 heterocycles. The number of fused-ring (bicyclic) bond motifs is 1. The Balaban J connectivity index is 1.78. The summed E-state index contributed by atoms with van der Waals surface area (Å²) in [5.41, 5.74) is 7.04. The molecule has 0 saturated carbocycles. The molecule has 0 spiro atoms. The van der Waals surface area contributed by atoms with Gasteiger partial charge in [0.1, 0.15) is 29.0 Å². The van der Waals surface area contributed by atoms with Crippen LogP contribution in [0.1, 0.15) is 5.82 Å². The first kappa shape index (κ1) is 19.4. The van der Waals surface area contributed by atoms with Crippen LogP contribution in [0.4, 0.5) is 20.3 Å². The number of anilines is 2. The molecule has 0 aliphatic carbocycles.